The van der Waals surface area contributed by atoms with Crippen molar-refractivity contribution in [1.29, 1.82) is 5.26 Å². The number of carbonyl (C=O) groups excluding carboxylic acids is 1. The summed E-state index contributed by atoms with van der Waals surface area (Å²) in [4.78, 5) is 16.1. The molecule has 0 aliphatic rings. The summed E-state index contributed by atoms with van der Waals surface area (Å²) >= 11 is 1.58. The summed E-state index contributed by atoms with van der Waals surface area (Å²) < 4.78 is 15.4. The second kappa shape index (κ2) is 9.57. The van der Waals surface area contributed by atoms with Gasteiger partial charge in [0.1, 0.15) is 30.6 Å². The maximum absolute atomic E-state index is 11.8. The molecule has 1 aromatic heterocycles. The highest BCUT2D eigenvalue weighted by atomic mass is 32.1. The lowest BCUT2D eigenvalue weighted by atomic mass is 10.1. The zero-order valence-electron chi connectivity index (χ0n) is 14.0. The molecule has 0 aliphatic heterocycles. The molecule has 0 aliphatic carbocycles. The number of esters is 1. The van der Waals surface area contributed by atoms with Crippen LogP contribution < -0.4 is 4.74 Å². The van der Waals surface area contributed by atoms with Crippen LogP contribution in [0.15, 0.2) is 35.2 Å². The van der Waals surface area contributed by atoms with Gasteiger partial charge in [-0.25, -0.2) is 9.78 Å². The highest BCUT2D eigenvalue weighted by Gasteiger charge is 2.10. The van der Waals surface area contributed by atoms with Gasteiger partial charge in [0, 0.05) is 12.5 Å². The third kappa shape index (κ3) is 6.03. The molecule has 6 nitrogen and oxygen atoms in total. The Labute approximate surface area is 150 Å². The van der Waals surface area contributed by atoms with Crippen LogP contribution in [-0.2, 0) is 20.9 Å². The molecule has 0 spiro atoms. The first-order valence-electron chi connectivity index (χ1n) is 7.54. The predicted molar refractivity (Wildman–Crippen MR) is 94.1 cm³/mol. The fourth-order valence-electron chi connectivity index (χ4n) is 1.89. The van der Waals surface area contributed by atoms with E-state index < -0.39 is 5.97 Å². The van der Waals surface area contributed by atoms with Crippen LogP contribution in [0.2, 0.25) is 0 Å². The van der Waals surface area contributed by atoms with Crippen LogP contribution in [0, 0.1) is 18.3 Å². The van der Waals surface area contributed by atoms with Crippen molar-refractivity contribution in [3.05, 3.63) is 51.5 Å². The quantitative estimate of drug-likeness (QED) is 0.312. The van der Waals surface area contributed by atoms with Gasteiger partial charge >= 0.3 is 5.97 Å². The first kappa shape index (κ1) is 18.6. The fourth-order valence-corrected chi connectivity index (χ4v) is 2.49. The maximum atomic E-state index is 11.8. The SMILES string of the molecule is COCCOC(=O)/C(C#N)=C/c1ccc(OCc2csc(C)n2)cc1. The third-order valence-corrected chi connectivity index (χ3v) is 3.93. The van der Waals surface area contributed by atoms with E-state index in [0.29, 0.717) is 17.9 Å². The van der Waals surface area contributed by atoms with Gasteiger partial charge in [0.05, 0.1) is 17.3 Å². The van der Waals surface area contributed by atoms with Gasteiger partial charge in [-0.1, -0.05) is 12.1 Å². The Bertz CT molecular complexity index is 775. The van der Waals surface area contributed by atoms with Crippen LogP contribution in [0.25, 0.3) is 6.08 Å². The number of hydrogen-bond donors (Lipinski definition) is 0. The van der Waals surface area contributed by atoms with Gasteiger partial charge < -0.3 is 14.2 Å². The van der Waals surface area contributed by atoms with Crippen LogP contribution in [0.1, 0.15) is 16.3 Å². The van der Waals surface area contributed by atoms with E-state index in [1.54, 1.807) is 35.6 Å². The summed E-state index contributed by atoms with van der Waals surface area (Å²) in [6.45, 7) is 2.74. The van der Waals surface area contributed by atoms with Crippen molar-refractivity contribution < 1.29 is 19.0 Å². The highest BCUT2D eigenvalue weighted by Crippen LogP contribution is 2.17. The normalized spacial score (nSPS) is 11.0. The molecule has 7 heteroatoms. The van der Waals surface area contributed by atoms with E-state index in [1.807, 2.05) is 18.4 Å². The minimum absolute atomic E-state index is 0.0669. The molecule has 1 heterocycles. The maximum Gasteiger partial charge on any atom is 0.348 e. The molecule has 1 aromatic carbocycles. The number of nitrogens with zero attached hydrogens (tertiary/aromatic N) is 2. The van der Waals surface area contributed by atoms with Gasteiger partial charge in [0.2, 0.25) is 0 Å². The standard InChI is InChI=1S/C18H18N2O4S/c1-13-20-16(12-25-13)11-24-17-5-3-14(4-6-17)9-15(10-19)18(21)23-8-7-22-2/h3-6,9,12H,7-8,11H2,1-2H3/b15-9+. The molecular weight excluding hydrogens is 340 g/mol. The number of hydrogen-bond acceptors (Lipinski definition) is 7. The molecule has 0 atom stereocenters. The molecule has 2 rings (SSSR count). The first-order valence-corrected chi connectivity index (χ1v) is 8.42. The molecule has 0 N–H and O–H groups in total. The van der Waals surface area contributed by atoms with E-state index >= 15 is 0 Å². The minimum Gasteiger partial charge on any atom is -0.487 e. The lowest BCUT2D eigenvalue weighted by molar-refractivity contribution is -0.139. The Kier molecular flexibility index (Phi) is 7.14. The van der Waals surface area contributed by atoms with Gasteiger partial charge in [-0.05, 0) is 30.7 Å². The number of aryl methyl sites for hydroxylation is 1. The van der Waals surface area contributed by atoms with Crippen molar-refractivity contribution >= 4 is 23.4 Å². The molecule has 0 amide bonds. The number of aromatic nitrogens is 1. The summed E-state index contributed by atoms with van der Waals surface area (Å²) in [6.07, 6.45) is 1.47. The average Bonchev–Trinajstić information content (AvgIpc) is 3.04. The van der Waals surface area contributed by atoms with Crippen LogP contribution in [-0.4, -0.2) is 31.3 Å². The monoisotopic (exact) mass is 358 g/mol. The van der Waals surface area contributed by atoms with Crippen molar-refractivity contribution in [2.24, 2.45) is 0 Å². The molecule has 0 saturated heterocycles. The average molecular weight is 358 g/mol. The summed E-state index contributed by atoms with van der Waals surface area (Å²) in [7, 11) is 1.51. The van der Waals surface area contributed by atoms with E-state index in [4.69, 9.17) is 19.5 Å². The predicted octanol–water partition coefficient (Wildman–Crippen LogP) is 3.13. The number of methoxy groups -OCH3 is 1. The van der Waals surface area contributed by atoms with E-state index in [0.717, 1.165) is 10.7 Å². The number of nitriles is 1. The number of ether oxygens (including phenoxy) is 3. The van der Waals surface area contributed by atoms with Gasteiger partial charge in [-0.15, -0.1) is 11.3 Å². The molecule has 0 fully saturated rings. The lowest BCUT2D eigenvalue weighted by Gasteiger charge is -2.05. The first-order chi connectivity index (χ1) is 12.1. The Morgan fingerprint density at radius 3 is 2.68 bits per heavy atom. The summed E-state index contributed by atoms with van der Waals surface area (Å²) in [6, 6.07) is 8.93. The van der Waals surface area contributed by atoms with Gasteiger partial charge in [0.15, 0.2) is 0 Å². The van der Waals surface area contributed by atoms with E-state index in [1.165, 1.54) is 13.2 Å². The summed E-state index contributed by atoms with van der Waals surface area (Å²) in [5, 5.41) is 12.1. The molecule has 0 unspecified atom stereocenters. The van der Waals surface area contributed by atoms with Crippen LogP contribution in [0.4, 0.5) is 0 Å². The number of thiazole rings is 1. The smallest absolute Gasteiger partial charge is 0.348 e. The Morgan fingerprint density at radius 2 is 2.08 bits per heavy atom. The molecular formula is C18H18N2O4S. The number of benzene rings is 1. The largest absolute Gasteiger partial charge is 0.487 e. The summed E-state index contributed by atoms with van der Waals surface area (Å²) in [5.74, 6) is 0.0164. The Morgan fingerprint density at radius 1 is 1.32 bits per heavy atom. The third-order valence-electron chi connectivity index (χ3n) is 3.11. The topological polar surface area (TPSA) is 81.4 Å². The van der Waals surface area contributed by atoms with Gasteiger partial charge in [-0.3, -0.25) is 0 Å². The lowest BCUT2D eigenvalue weighted by Crippen LogP contribution is -2.11. The molecule has 2 aromatic rings. The Hall–Kier alpha value is -2.69. The molecule has 25 heavy (non-hydrogen) atoms. The van der Waals surface area contributed by atoms with Crippen molar-refractivity contribution in [3.63, 3.8) is 0 Å². The number of rotatable bonds is 8. The van der Waals surface area contributed by atoms with Crippen molar-refractivity contribution in [2.45, 2.75) is 13.5 Å². The highest BCUT2D eigenvalue weighted by molar-refractivity contribution is 7.09. The molecule has 0 saturated carbocycles. The van der Waals surface area contributed by atoms with Crippen LogP contribution in [0.3, 0.4) is 0 Å². The van der Waals surface area contributed by atoms with E-state index in [2.05, 4.69) is 4.98 Å². The van der Waals surface area contributed by atoms with Gasteiger partial charge in [0.25, 0.3) is 0 Å². The fraction of sp³-hybridized carbons (Fsp3) is 0.278. The molecule has 0 radical (unpaired) electrons. The Balaban J connectivity index is 1.95. The molecule has 0 bridgehead atoms. The molecule has 130 valence electrons. The second-order valence-corrected chi connectivity index (χ2v) is 6.08. The zero-order valence-corrected chi connectivity index (χ0v) is 14.8. The second-order valence-electron chi connectivity index (χ2n) is 5.01. The van der Waals surface area contributed by atoms with Crippen LogP contribution in [0.5, 0.6) is 5.75 Å². The summed E-state index contributed by atoms with van der Waals surface area (Å²) in [5.41, 5.74) is 1.52. The zero-order chi connectivity index (χ0) is 18.1. The van der Waals surface area contributed by atoms with E-state index in [9.17, 15) is 4.79 Å². The van der Waals surface area contributed by atoms with Gasteiger partial charge in [-0.2, -0.15) is 5.26 Å². The van der Waals surface area contributed by atoms with Crippen molar-refractivity contribution in [2.75, 3.05) is 20.3 Å². The van der Waals surface area contributed by atoms with Crippen molar-refractivity contribution in [1.82, 2.24) is 4.98 Å². The van der Waals surface area contributed by atoms with E-state index in [-0.39, 0.29) is 18.8 Å². The number of carbonyl (C=O) groups is 1. The van der Waals surface area contributed by atoms with Crippen LogP contribution >= 0.6 is 11.3 Å². The van der Waals surface area contributed by atoms with Crippen molar-refractivity contribution in [3.8, 4) is 11.8 Å². The minimum atomic E-state index is -0.668.